The molecule has 2 heterocycles. The van der Waals surface area contributed by atoms with Crippen LogP contribution in [-0.2, 0) is 0 Å². The smallest absolute Gasteiger partial charge is 0.279 e. The van der Waals surface area contributed by atoms with Gasteiger partial charge in [0.05, 0.1) is 21.7 Å². The molecule has 2 aromatic carbocycles. The standard InChI is InChI=1S/C22H16FN5O4S/c1-9-18(33-22(27-9)32-12-5-2-10(3-6-12)19(24)29)16-15(20(25)30)13-7-4-11(23)8-14(13)28-17(16)21(26)31/h2-8H,1H3,(H2,24,29)(H2,25,30)(H2,26,31). The number of nitrogens with zero attached hydrogens (tertiary/aromatic N) is 2. The predicted octanol–water partition coefficient (Wildman–Crippen LogP) is 2.89. The van der Waals surface area contributed by atoms with Gasteiger partial charge in [0.15, 0.2) is 0 Å². The lowest BCUT2D eigenvalue weighted by atomic mass is 9.97. The summed E-state index contributed by atoms with van der Waals surface area (Å²) < 4.78 is 19.5. The zero-order valence-corrected chi connectivity index (χ0v) is 17.9. The Morgan fingerprint density at radius 1 is 0.939 bits per heavy atom. The second-order valence-corrected chi connectivity index (χ2v) is 7.95. The molecule has 0 fully saturated rings. The van der Waals surface area contributed by atoms with Crippen molar-refractivity contribution in [3.05, 3.63) is 70.8 Å². The number of rotatable bonds is 6. The molecule has 0 aliphatic heterocycles. The quantitative estimate of drug-likeness (QED) is 0.396. The molecule has 0 saturated heterocycles. The molecule has 0 atom stereocenters. The highest BCUT2D eigenvalue weighted by molar-refractivity contribution is 7.17. The van der Waals surface area contributed by atoms with Crippen LogP contribution in [0.15, 0.2) is 42.5 Å². The number of carbonyl (C=O) groups excluding carboxylic acids is 3. The maximum atomic E-state index is 13.7. The molecule has 6 N–H and O–H groups in total. The van der Waals surface area contributed by atoms with Crippen LogP contribution in [0.25, 0.3) is 21.3 Å². The van der Waals surface area contributed by atoms with Crippen molar-refractivity contribution < 1.29 is 23.5 Å². The fraction of sp³-hybridized carbons (Fsp3) is 0.0455. The van der Waals surface area contributed by atoms with Gasteiger partial charge in [-0.2, -0.15) is 0 Å². The maximum Gasteiger partial charge on any atom is 0.279 e. The van der Waals surface area contributed by atoms with Crippen LogP contribution in [-0.4, -0.2) is 27.7 Å². The van der Waals surface area contributed by atoms with E-state index < -0.39 is 23.5 Å². The molecule has 2 aromatic heterocycles. The van der Waals surface area contributed by atoms with Crippen molar-refractivity contribution >= 4 is 40.0 Å². The van der Waals surface area contributed by atoms with Gasteiger partial charge in [-0.1, -0.05) is 11.3 Å². The summed E-state index contributed by atoms with van der Waals surface area (Å²) in [7, 11) is 0. The maximum absolute atomic E-state index is 13.7. The van der Waals surface area contributed by atoms with Crippen LogP contribution in [0.4, 0.5) is 4.39 Å². The monoisotopic (exact) mass is 465 g/mol. The van der Waals surface area contributed by atoms with Gasteiger partial charge < -0.3 is 21.9 Å². The fourth-order valence-corrected chi connectivity index (χ4v) is 4.32. The lowest BCUT2D eigenvalue weighted by Crippen LogP contribution is -2.20. The number of amides is 3. The molecular formula is C22H16FN5O4S. The molecule has 166 valence electrons. The summed E-state index contributed by atoms with van der Waals surface area (Å²) in [5.41, 5.74) is 17.1. The second-order valence-electron chi connectivity index (χ2n) is 6.99. The fourth-order valence-electron chi connectivity index (χ4n) is 3.33. The highest BCUT2D eigenvalue weighted by atomic mass is 32.1. The Kier molecular flexibility index (Phi) is 5.48. The van der Waals surface area contributed by atoms with E-state index in [1.165, 1.54) is 18.2 Å². The molecule has 11 heteroatoms. The number of fused-ring (bicyclic) bond motifs is 1. The molecule has 0 aliphatic carbocycles. The normalized spacial score (nSPS) is 10.8. The molecule has 9 nitrogen and oxygen atoms in total. The highest BCUT2D eigenvalue weighted by Crippen LogP contribution is 2.41. The van der Waals surface area contributed by atoms with Crippen molar-refractivity contribution in [2.75, 3.05) is 0 Å². The third-order valence-corrected chi connectivity index (χ3v) is 5.83. The van der Waals surface area contributed by atoms with Crippen LogP contribution < -0.4 is 21.9 Å². The third-order valence-electron chi connectivity index (χ3n) is 4.78. The first kappa shape index (κ1) is 21.8. The largest absolute Gasteiger partial charge is 0.431 e. The van der Waals surface area contributed by atoms with Crippen LogP contribution in [0.5, 0.6) is 10.9 Å². The van der Waals surface area contributed by atoms with Gasteiger partial charge in [0.2, 0.25) is 11.8 Å². The zero-order valence-electron chi connectivity index (χ0n) is 17.1. The minimum Gasteiger partial charge on any atom is -0.431 e. The van der Waals surface area contributed by atoms with E-state index in [9.17, 15) is 18.8 Å². The summed E-state index contributed by atoms with van der Waals surface area (Å²) in [6.07, 6.45) is 0. The Balaban J connectivity index is 1.87. The number of pyridine rings is 1. The van der Waals surface area contributed by atoms with Crippen molar-refractivity contribution in [1.82, 2.24) is 9.97 Å². The molecule has 3 amide bonds. The van der Waals surface area contributed by atoms with Gasteiger partial charge in [-0.25, -0.2) is 14.4 Å². The molecule has 4 rings (SSSR count). The molecule has 0 unspecified atom stereocenters. The number of thiazole rings is 1. The van der Waals surface area contributed by atoms with Crippen molar-refractivity contribution in [2.45, 2.75) is 6.92 Å². The van der Waals surface area contributed by atoms with Crippen LogP contribution in [0, 0.1) is 12.7 Å². The summed E-state index contributed by atoms with van der Waals surface area (Å²) in [5.74, 6) is -2.55. The SMILES string of the molecule is Cc1nc(Oc2ccc(C(N)=O)cc2)sc1-c1c(C(N)=O)nc2cc(F)ccc2c1C(N)=O. The molecule has 0 saturated carbocycles. The Morgan fingerprint density at radius 3 is 2.24 bits per heavy atom. The lowest BCUT2D eigenvalue weighted by Gasteiger charge is -2.13. The van der Waals surface area contributed by atoms with Gasteiger partial charge in [0.25, 0.3) is 11.1 Å². The topological polar surface area (TPSA) is 164 Å². The van der Waals surface area contributed by atoms with Crippen molar-refractivity contribution in [3.8, 4) is 21.4 Å². The average Bonchev–Trinajstić information content (AvgIpc) is 3.11. The number of hydrogen-bond donors (Lipinski definition) is 3. The van der Waals surface area contributed by atoms with Gasteiger partial charge in [-0.15, -0.1) is 0 Å². The Morgan fingerprint density at radius 2 is 1.64 bits per heavy atom. The van der Waals surface area contributed by atoms with Gasteiger partial charge in [0, 0.05) is 22.6 Å². The lowest BCUT2D eigenvalue weighted by molar-refractivity contribution is 0.0988. The van der Waals surface area contributed by atoms with Gasteiger partial charge in [-0.3, -0.25) is 14.4 Å². The minimum absolute atomic E-state index is 0.0297. The minimum atomic E-state index is -0.920. The first-order valence-corrected chi connectivity index (χ1v) is 10.3. The van der Waals surface area contributed by atoms with Gasteiger partial charge in [0.1, 0.15) is 17.3 Å². The predicted molar refractivity (Wildman–Crippen MR) is 120 cm³/mol. The second kappa shape index (κ2) is 8.28. The summed E-state index contributed by atoms with van der Waals surface area (Å²) in [4.78, 5) is 44.8. The summed E-state index contributed by atoms with van der Waals surface area (Å²) in [6.45, 7) is 1.65. The van der Waals surface area contributed by atoms with Crippen molar-refractivity contribution in [2.24, 2.45) is 17.2 Å². The van der Waals surface area contributed by atoms with E-state index in [-0.39, 0.29) is 32.9 Å². The van der Waals surface area contributed by atoms with E-state index in [0.29, 0.717) is 21.9 Å². The van der Waals surface area contributed by atoms with Gasteiger partial charge >= 0.3 is 0 Å². The Labute approximate surface area is 190 Å². The van der Waals surface area contributed by atoms with Crippen LogP contribution in [0.3, 0.4) is 0 Å². The van der Waals surface area contributed by atoms with E-state index in [1.807, 2.05) is 0 Å². The molecule has 0 radical (unpaired) electrons. The number of primary amides is 3. The number of carbonyl (C=O) groups is 3. The summed E-state index contributed by atoms with van der Waals surface area (Å²) in [5, 5.41) is 0.459. The number of hydrogen-bond acceptors (Lipinski definition) is 7. The third kappa shape index (κ3) is 4.08. The van der Waals surface area contributed by atoms with Gasteiger partial charge in [-0.05, 0) is 43.3 Å². The molecule has 33 heavy (non-hydrogen) atoms. The zero-order chi connectivity index (χ0) is 23.9. The Bertz CT molecular complexity index is 1450. The van der Waals surface area contributed by atoms with E-state index in [1.54, 1.807) is 19.1 Å². The first-order valence-electron chi connectivity index (χ1n) is 9.44. The van der Waals surface area contributed by atoms with Crippen molar-refractivity contribution in [3.63, 3.8) is 0 Å². The number of benzene rings is 2. The molecule has 0 bridgehead atoms. The molecular weight excluding hydrogens is 449 g/mol. The molecule has 0 spiro atoms. The Hall–Kier alpha value is -4.38. The number of nitrogens with two attached hydrogens (primary N) is 3. The van der Waals surface area contributed by atoms with Crippen LogP contribution in [0.2, 0.25) is 0 Å². The highest BCUT2D eigenvalue weighted by Gasteiger charge is 2.27. The molecule has 0 aliphatic rings. The number of halogens is 1. The number of aromatic nitrogens is 2. The van der Waals surface area contributed by atoms with E-state index >= 15 is 0 Å². The number of ether oxygens (including phenoxy) is 1. The van der Waals surface area contributed by atoms with E-state index in [4.69, 9.17) is 21.9 Å². The summed E-state index contributed by atoms with van der Waals surface area (Å²) >= 11 is 1.04. The van der Waals surface area contributed by atoms with E-state index in [0.717, 1.165) is 23.5 Å². The molecule has 4 aromatic rings. The van der Waals surface area contributed by atoms with Crippen LogP contribution in [0.1, 0.15) is 36.9 Å². The van der Waals surface area contributed by atoms with E-state index in [2.05, 4.69) is 9.97 Å². The first-order chi connectivity index (χ1) is 15.7. The van der Waals surface area contributed by atoms with Crippen LogP contribution >= 0.6 is 11.3 Å². The number of aryl methyl sites for hydroxylation is 1. The average molecular weight is 465 g/mol. The summed E-state index contributed by atoms with van der Waals surface area (Å²) in [6, 6.07) is 9.71. The van der Waals surface area contributed by atoms with Crippen molar-refractivity contribution in [1.29, 1.82) is 0 Å².